The number of hydrogen-bond donors (Lipinski definition) is 1. The van der Waals surface area contributed by atoms with Crippen LogP contribution in [0, 0.1) is 0 Å². The number of aliphatic hydroxyl groups excluding tert-OH is 1. The molecule has 0 aromatic rings. The molecule has 0 bridgehead atoms. The van der Waals surface area contributed by atoms with Crippen LogP contribution in [-0.4, -0.2) is 44.7 Å². The summed E-state index contributed by atoms with van der Waals surface area (Å²) in [6, 6.07) is 0. The fourth-order valence-corrected chi connectivity index (χ4v) is 0.788. The highest BCUT2D eigenvalue weighted by atomic mass is 16.5. The van der Waals surface area contributed by atoms with E-state index in [2.05, 4.69) is 21.0 Å². The Hall–Kier alpha value is -1.62. The monoisotopic (exact) mass is 213 g/mol. The van der Waals surface area contributed by atoms with Crippen LogP contribution < -0.4 is 0 Å². The first kappa shape index (κ1) is 13.4. The smallest absolute Gasteiger partial charge is 0.342 e. The minimum Gasteiger partial charge on any atom is -0.509 e. The van der Waals surface area contributed by atoms with Gasteiger partial charge in [-0.15, -0.1) is 6.58 Å². The van der Waals surface area contributed by atoms with E-state index in [1.807, 2.05) is 0 Å². The van der Waals surface area contributed by atoms with Crippen LogP contribution in [-0.2, 0) is 14.3 Å². The molecule has 1 N–H and O–H groups in total. The quantitative estimate of drug-likeness (QED) is 0.234. The van der Waals surface area contributed by atoms with Crippen molar-refractivity contribution in [3.8, 4) is 0 Å². The van der Waals surface area contributed by atoms with Gasteiger partial charge in [-0.1, -0.05) is 6.08 Å². The molecule has 0 heterocycles. The van der Waals surface area contributed by atoms with Crippen molar-refractivity contribution in [2.45, 2.75) is 0 Å². The summed E-state index contributed by atoms with van der Waals surface area (Å²) in [5.41, 5.74) is -0.0128. The number of aliphatic imine (C=N–C) groups is 1. The van der Waals surface area contributed by atoms with Crippen LogP contribution in [0.3, 0.4) is 0 Å². The second-order valence-electron chi connectivity index (χ2n) is 2.57. The fourth-order valence-electron chi connectivity index (χ4n) is 0.788. The lowest BCUT2D eigenvalue weighted by atomic mass is 10.2. The molecule has 15 heavy (non-hydrogen) atoms. The first-order chi connectivity index (χ1) is 7.17. The summed E-state index contributed by atoms with van der Waals surface area (Å²) in [4.78, 5) is 15.1. The first-order valence-electron chi connectivity index (χ1n) is 4.27. The van der Waals surface area contributed by atoms with Crippen LogP contribution in [0.1, 0.15) is 0 Å². The lowest BCUT2D eigenvalue weighted by molar-refractivity contribution is -0.135. The molecule has 0 aromatic carbocycles. The zero-order valence-corrected chi connectivity index (χ0v) is 8.90. The minimum absolute atomic E-state index is 0.0128. The van der Waals surface area contributed by atoms with Crippen LogP contribution >= 0.6 is 0 Å². The van der Waals surface area contributed by atoms with E-state index in [4.69, 9.17) is 0 Å². The van der Waals surface area contributed by atoms with Gasteiger partial charge in [-0.05, 0) is 0 Å². The Kier molecular flexibility index (Phi) is 6.92. The van der Waals surface area contributed by atoms with E-state index in [1.54, 1.807) is 6.08 Å². The molecule has 0 unspecified atom stereocenters. The molecule has 0 atom stereocenters. The summed E-state index contributed by atoms with van der Waals surface area (Å²) >= 11 is 0. The largest absolute Gasteiger partial charge is 0.509 e. The Balaban J connectivity index is 4.79. The van der Waals surface area contributed by atoms with E-state index in [0.29, 0.717) is 6.54 Å². The lowest BCUT2D eigenvalue weighted by Crippen LogP contribution is -2.12. The summed E-state index contributed by atoms with van der Waals surface area (Å²) in [5.74, 6) is -0.866. The van der Waals surface area contributed by atoms with Gasteiger partial charge in [-0.25, -0.2) is 4.79 Å². The molecule has 0 aliphatic carbocycles. The van der Waals surface area contributed by atoms with Crippen LogP contribution in [0.15, 0.2) is 29.0 Å². The van der Waals surface area contributed by atoms with E-state index in [-0.39, 0.29) is 17.9 Å². The van der Waals surface area contributed by atoms with Crippen LogP contribution in [0.2, 0.25) is 0 Å². The van der Waals surface area contributed by atoms with E-state index in [9.17, 15) is 9.90 Å². The lowest BCUT2D eigenvalue weighted by Gasteiger charge is -2.03. The van der Waals surface area contributed by atoms with Gasteiger partial charge in [0.1, 0.15) is 17.9 Å². The van der Waals surface area contributed by atoms with Gasteiger partial charge in [0, 0.05) is 13.3 Å². The number of ether oxygens (including phenoxy) is 2. The van der Waals surface area contributed by atoms with E-state index >= 15 is 0 Å². The van der Waals surface area contributed by atoms with E-state index < -0.39 is 5.97 Å². The zero-order valence-electron chi connectivity index (χ0n) is 8.90. The van der Waals surface area contributed by atoms with Gasteiger partial charge >= 0.3 is 5.97 Å². The predicted octanol–water partition coefficient (Wildman–Crippen LogP) is 0.875. The van der Waals surface area contributed by atoms with E-state index in [0.717, 1.165) is 0 Å². The second kappa shape index (κ2) is 7.75. The van der Waals surface area contributed by atoms with Crippen molar-refractivity contribution in [1.29, 1.82) is 0 Å². The maximum atomic E-state index is 11.2. The Morgan fingerprint density at radius 2 is 2.20 bits per heavy atom. The highest BCUT2D eigenvalue weighted by Crippen LogP contribution is 2.02. The second-order valence-corrected chi connectivity index (χ2v) is 2.57. The number of nitrogens with zero attached hydrogens (tertiary/aromatic N) is 1. The number of aliphatic hydroxyl groups is 1. The molecular formula is C10H15NO4. The highest BCUT2D eigenvalue weighted by molar-refractivity contribution is 6.09. The Bertz CT molecular complexity index is 281. The molecule has 0 amide bonds. The standard InChI is InChI=1S/C10H15NO4/c1-4-5-11-6-8(10(13)15-3)9(12)7-14-2/h4,6,12H,1,5,7H2,2-3H3. The molecule has 0 aliphatic heterocycles. The molecular weight excluding hydrogens is 198 g/mol. The maximum Gasteiger partial charge on any atom is 0.342 e. The van der Waals surface area contributed by atoms with Gasteiger partial charge in [0.2, 0.25) is 0 Å². The summed E-state index contributed by atoms with van der Waals surface area (Å²) < 4.78 is 9.17. The van der Waals surface area contributed by atoms with Gasteiger partial charge < -0.3 is 14.6 Å². The summed E-state index contributed by atoms with van der Waals surface area (Å²) in [5, 5.41) is 9.45. The highest BCUT2D eigenvalue weighted by Gasteiger charge is 2.13. The normalized spacial score (nSPS) is 12.4. The van der Waals surface area contributed by atoms with Gasteiger partial charge in [0.05, 0.1) is 13.7 Å². The average Bonchev–Trinajstić information content (AvgIpc) is 2.23. The van der Waals surface area contributed by atoms with Crippen LogP contribution in [0.25, 0.3) is 0 Å². The van der Waals surface area contributed by atoms with Crippen molar-refractivity contribution >= 4 is 12.2 Å². The van der Waals surface area contributed by atoms with Crippen LogP contribution in [0.4, 0.5) is 0 Å². The van der Waals surface area contributed by atoms with Crippen molar-refractivity contribution in [3.05, 3.63) is 24.0 Å². The molecule has 5 nitrogen and oxygen atoms in total. The van der Waals surface area contributed by atoms with Gasteiger partial charge in [0.25, 0.3) is 0 Å². The summed E-state index contributed by atoms with van der Waals surface area (Å²) in [7, 11) is 2.63. The van der Waals surface area contributed by atoms with Crippen molar-refractivity contribution in [3.63, 3.8) is 0 Å². The molecule has 0 spiro atoms. The Labute approximate surface area is 88.7 Å². The third-order valence-corrected chi connectivity index (χ3v) is 1.45. The topological polar surface area (TPSA) is 68.1 Å². The SMILES string of the molecule is C=CCN=CC(C(=O)OC)=C(O)COC. The molecule has 0 radical (unpaired) electrons. The third-order valence-electron chi connectivity index (χ3n) is 1.45. The predicted molar refractivity (Wildman–Crippen MR) is 57.1 cm³/mol. The molecule has 84 valence electrons. The number of methoxy groups -OCH3 is 2. The van der Waals surface area contributed by atoms with Gasteiger partial charge in [0.15, 0.2) is 0 Å². The van der Waals surface area contributed by atoms with Gasteiger partial charge in [-0.3, -0.25) is 4.99 Å². The number of hydrogen-bond acceptors (Lipinski definition) is 5. The Morgan fingerprint density at radius 3 is 2.67 bits per heavy atom. The molecule has 5 heteroatoms. The first-order valence-corrected chi connectivity index (χ1v) is 4.27. The average molecular weight is 213 g/mol. The van der Waals surface area contributed by atoms with Crippen molar-refractivity contribution in [2.24, 2.45) is 4.99 Å². The van der Waals surface area contributed by atoms with Crippen LogP contribution in [0.5, 0.6) is 0 Å². The fraction of sp³-hybridized carbons (Fsp3) is 0.400. The number of carbonyl (C=O) groups is 1. The molecule has 0 aliphatic rings. The molecule has 0 rings (SSSR count). The molecule has 0 aromatic heterocycles. The van der Waals surface area contributed by atoms with Crippen molar-refractivity contribution in [2.75, 3.05) is 27.4 Å². The number of rotatable bonds is 6. The van der Waals surface area contributed by atoms with Crippen molar-refractivity contribution in [1.82, 2.24) is 0 Å². The number of esters is 1. The molecule has 0 saturated heterocycles. The Morgan fingerprint density at radius 1 is 1.53 bits per heavy atom. The summed E-state index contributed by atoms with van der Waals surface area (Å²) in [6.07, 6.45) is 2.81. The zero-order chi connectivity index (χ0) is 11.7. The maximum absolute atomic E-state index is 11.2. The number of carbonyl (C=O) groups excluding carboxylic acids is 1. The minimum atomic E-state index is -0.655. The third kappa shape index (κ3) is 4.97. The van der Waals surface area contributed by atoms with Crippen molar-refractivity contribution < 1.29 is 19.4 Å². The van der Waals surface area contributed by atoms with E-state index in [1.165, 1.54) is 20.4 Å². The molecule has 0 fully saturated rings. The van der Waals surface area contributed by atoms with Gasteiger partial charge in [-0.2, -0.15) is 0 Å². The molecule has 0 saturated carbocycles. The summed E-state index contributed by atoms with van der Waals surface area (Å²) in [6.45, 7) is 3.77.